The second kappa shape index (κ2) is 7.88. The Hall–Kier alpha value is -4.66. The molecule has 158 valence electrons. The van der Waals surface area contributed by atoms with E-state index in [-0.39, 0.29) is 11.4 Å². The van der Waals surface area contributed by atoms with Crippen LogP contribution in [0.15, 0.2) is 76.1 Å². The van der Waals surface area contributed by atoms with Crippen LogP contribution in [0.25, 0.3) is 21.9 Å². The molecule has 0 aliphatic rings. The third-order valence-corrected chi connectivity index (χ3v) is 4.88. The van der Waals surface area contributed by atoms with Crippen molar-refractivity contribution in [1.29, 1.82) is 0 Å². The molecular formula is C23H17N5O4. The molecule has 0 atom stereocenters. The van der Waals surface area contributed by atoms with E-state index in [4.69, 9.17) is 9.15 Å². The van der Waals surface area contributed by atoms with E-state index in [0.717, 1.165) is 16.5 Å². The number of methoxy groups -OCH3 is 1. The highest BCUT2D eigenvalue weighted by Gasteiger charge is 2.16. The summed E-state index contributed by atoms with van der Waals surface area (Å²) in [6.45, 7) is 0. The molecule has 0 radical (unpaired) electrons. The van der Waals surface area contributed by atoms with Crippen LogP contribution in [0.2, 0.25) is 0 Å². The first kappa shape index (κ1) is 19.3. The van der Waals surface area contributed by atoms with Gasteiger partial charge in [0.25, 0.3) is 0 Å². The molecule has 0 fully saturated rings. The van der Waals surface area contributed by atoms with Crippen molar-refractivity contribution in [3.63, 3.8) is 0 Å². The zero-order chi connectivity index (χ0) is 22.1. The van der Waals surface area contributed by atoms with Crippen molar-refractivity contribution in [2.45, 2.75) is 0 Å². The summed E-state index contributed by atoms with van der Waals surface area (Å²) in [7, 11) is 1.29. The van der Waals surface area contributed by atoms with Crippen LogP contribution < -0.4 is 16.4 Å². The summed E-state index contributed by atoms with van der Waals surface area (Å²) in [5.74, 6) is -0.576. The maximum atomic E-state index is 12.2. The van der Waals surface area contributed by atoms with Crippen LogP contribution in [-0.4, -0.2) is 28.0 Å². The lowest BCUT2D eigenvalue weighted by atomic mass is 10.1. The first-order valence-corrected chi connectivity index (χ1v) is 9.70. The molecule has 0 bridgehead atoms. The third-order valence-electron chi connectivity index (χ3n) is 4.88. The van der Waals surface area contributed by atoms with Gasteiger partial charge in [0.1, 0.15) is 5.56 Å². The molecule has 2 aromatic heterocycles. The number of nitrogens with zero attached hydrogens (tertiary/aromatic N) is 2. The molecule has 0 aliphatic heterocycles. The van der Waals surface area contributed by atoms with Gasteiger partial charge in [0.2, 0.25) is 5.95 Å². The molecule has 0 aliphatic carbocycles. The highest BCUT2D eigenvalue weighted by atomic mass is 16.5. The summed E-state index contributed by atoms with van der Waals surface area (Å²) in [6, 6.07) is 19.0. The van der Waals surface area contributed by atoms with Gasteiger partial charge in [0, 0.05) is 17.6 Å². The second-order valence-corrected chi connectivity index (χ2v) is 6.98. The SMILES string of the molecule is COC(=O)c1cnc(Nc2ccc3ccccc3c2)nc1Nc1ccc2oc(=O)[nH]c2c1. The summed E-state index contributed by atoms with van der Waals surface area (Å²) >= 11 is 0. The number of esters is 1. The quantitative estimate of drug-likeness (QED) is 0.354. The molecule has 0 saturated heterocycles. The smallest absolute Gasteiger partial charge is 0.417 e. The number of carbonyl (C=O) groups is 1. The summed E-state index contributed by atoms with van der Waals surface area (Å²) < 4.78 is 9.87. The number of ether oxygens (including phenoxy) is 1. The van der Waals surface area contributed by atoms with Gasteiger partial charge in [-0.3, -0.25) is 4.98 Å². The van der Waals surface area contributed by atoms with Crippen molar-refractivity contribution in [2.24, 2.45) is 0 Å². The fourth-order valence-corrected chi connectivity index (χ4v) is 3.36. The zero-order valence-corrected chi connectivity index (χ0v) is 16.9. The Bertz CT molecular complexity index is 1520. The van der Waals surface area contributed by atoms with Crippen LogP contribution in [-0.2, 0) is 4.74 Å². The highest BCUT2D eigenvalue weighted by molar-refractivity contribution is 5.95. The van der Waals surface area contributed by atoms with Crippen molar-refractivity contribution in [3.8, 4) is 0 Å². The molecule has 9 nitrogen and oxygen atoms in total. The Labute approximate surface area is 181 Å². The van der Waals surface area contributed by atoms with Crippen molar-refractivity contribution in [2.75, 3.05) is 17.7 Å². The van der Waals surface area contributed by atoms with E-state index in [9.17, 15) is 9.59 Å². The molecule has 2 heterocycles. The number of hydrogen-bond acceptors (Lipinski definition) is 8. The number of carbonyl (C=O) groups excluding carboxylic acids is 1. The van der Waals surface area contributed by atoms with E-state index in [1.807, 2.05) is 42.5 Å². The average Bonchev–Trinajstić information content (AvgIpc) is 3.18. The zero-order valence-electron chi connectivity index (χ0n) is 16.9. The van der Waals surface area contributed by atoms with E-state index in [2.05, 4.69) is 25.6 Å². The van der Waals surface area contributed by atoms with Crippen molar-refractivity contribution in [3.05, 3.63) is 83.0 Å². The van der Waals surface area contributed by atoms with Gasteiger partial charge in [-0.15, -0.1) is 0 Å². The third kappa shape index (κ3) is 3.74. The number of anilines is 4. The van der Waals surface area contributed by atoms with E-state index in [1.165, 1.54) is 13.3 Å². The number of H-pyrrole nitrogens is 1. The maximum absolute atomic E-state index is 12.2. The van der Waals surface area contributed by atoms with Crippen LogP contribution in [0.5, 0.6) is 0 Å². The van der Waals surface area contributed by atoms with Crippen LogP contribution >= 0.6 is 0 Å². The number of hydrogen-bond donors (Lipinski definition) is 3. The van der Waals surface area contributed by atoms with Crippen molar-refractivity contribution < 1.29 is 13.9 Å². The number of nitrogens with one attached hydrogen (secondary N) is 3. The monoisotopic (exact) mass is 427 g/mol. The number of aromatic amines is 1. The Kier molecular flexibility index (Phi) is 4.75. The van der Waals surface area contributed by atoms with Gasteiger partial charge >= 0.3 is 11.7 Å². The molecule has 0 amide bonds. The van der Waals surface area contributed by atoms with E-state index in [0.29, 0.717) is 22.7 Å². The summed E-state index contributed by atoms with van der Waals surface area (Å²) in [5.41, 5.74) is 2.50. The summed E-state index contributed by atoms with van der Waals surface area (Å²) in [5, 5.41) is 8.45. The van der Waals surface area contributed by atoms with Crippen LogP contribution in [0, 0.1) is 0 Å². The molecule has 5 aromatic rings. The first-order valence-electron chi connectivity index (χ1n) is 9.70. The fraction of sp³-hybridized carbons (Fsp3) is 0.0435. The predicted octanol–water partition coefficient (Wildman–Crippen LogP) is 4.34. The number of benzene rings is 3. The number of oxazole rings is 1. The Morgan fingerprint density at radius 1 is 1.00 bits per heavy atom. The maximum Gasteiger partial charge on any atom is 0.417 e. The molecule has 0 unspecified atom stereocenters. The van der Waals surface area contributed by atoms with Gasteiger partial charge < -0.3 is 19.8 Å². The van der Waals surface area contributed by atoms with Crippen molar-refractivity contribution >= 4 is 51.0 Å². The molecule has 3 aromatic carbocycles. The Balaban J connectivity index is 1.49. The van der Waals surface area contributed by atoms with Crippen LogP contribution in [0.1, 0.15) is 10.4 Å². The lowest BCUT2D eigenvalue weighted by Gasteiger charge is -2.12. The minimum absolute atomic E-state index is 0.164. The van der Waals surface area contributed by atoms with E-state index >= 15 is 0 Å². The number of aromatic nitrogens is 3. The summed E-state index contributed by atoms with van der Waals surface area (Å²) in [4.78, 5) is 35.0. The molecule has 3 N–H and O–H groups in total. The lowest BCUT2D eigenvalue weighted by molar-refractivity contribution is 0.0601. The number of fused-ring (bicyclic) bond motifs is 2. The normalized spacial score (nSPS) is 10.9. The van der Waals surface area contributed by atoms with Gasteiger partial charge in [-0.05, 0) is 41.1 Å². The van der Waals surface area contributed by atoms with Gasteiger partial charge in [0.15, 0.2) is 11.4 Å². The van der Waals surface area contributed by atoms with Gasteiger partial charge in [0.05, 0.1) is 12.6 Å². The topological polar surface area (TPSA) is 122 Å². The van der Waals surface area contributed by atoms with Gasteiger partial charge in [-0.25, -0.2) is 14.6 Å². The van der Waals surface area contributed by atoms with Crippen molar-refractivity contribution in [1.82, 2.24) is 15.0 Å². The fourth-order valence-electron chi connectivity index (χ4n) is 3.36. The second-order valence-electron chi connectivity index (χ2n) is 6.98. The predicted molar refractivity (Wildman–Crippen MR) is 121 cm³/mol. The molecule has 0 spiro atoms. The van der Waals surface area contributed by atoms with E-state index in [1.54, 1.807) is 18.2 Å². The minimum Gasteiger partial charge on any atom is -0.465 e. The molecular weight excluding hydrogens is 410 g/mol. The number of rotatable bonds is 5. The summed E-state index contributed by atoms with van der Waals surface area (Å²) in [6.07, 6.45) is 1.39. The minimum atomic E-state index is -0.581. The largest absolute Gasteiger partial charge is 0.465 e. The molecule has 32 heavy (non-hydrogen) atoms. The standard InChI is InChI=1S/C23H17N5O4/c1-31-21(29)17-12-24-22(26-15-7-6-13-4-2-3-5-14(13)10-15)28-20(17)25-16-8-9-19-18(11-16)27-23(30)32-19/h2-12H,1H3,(H,27,30)(H2,24,25,26,28). The first-order chi connectivity index (χ1) is 15.6. The Morgan fingerprint density at radius 2 is 1.78 bits per heavy atom. The molecule has 0 saturated carbocycles. The van der Waals surface area contributed by atoms with E-state index < -0.39 is 11.7 Å². The molecule has 9 heteroatoms. The molecule has 5 rings (SSSR count). The Morgan fingerprint density at radius 3 is 2.62 bits per heavy atom. The van der Waals surface area contributed by atoms with Crippen LogP contribution in [0.4, 0.5) is 23.1 Å². The lowest BCUT2D eigenvalue weighted by Crippen LogP contribution is -2.10. The van der Waals surface area contributed by atoms with Gasteiger partial charge in [-0.1, -0.05) is 30.3 Å². The highest BCUT2D eigenvalue weighted by Crippen LogP contribution is 2.25. The van der Waals surface area contributed by atoms with Crippen LogP contribution in [0.3, 0.4) is 0 Å². The van der Waals surface area contributed by atoms with Gasteiger partial charge in [-0.2, -0.15) is 4.98 Å². The average molecular weight is 427 g/mol.